The number of anilines is 2. The lowest BCUT2D eigenvalue weighted by Crippen LogP contribution is -2.31. The van der Waals surface area contributed by atoms with Crippen molar-refractivity contribution >= 4 is 48.3 Å². The molecule has 154 valence electrons. The molecular formula is C16H22BrFN6O2S2. The van der Waals surface area contributed by atoms with Gasteiger partial charge in [0.2, 0.25) is 5.13 Å². The third-order valence-corrected chi connectivity index (χ3v) is 7.03. The normalized spacial score (nSPS) is 17.0. The lowest BCUT2D eigenvalue weighted by molar-refractivity contribution is 0.530. The Balaban J connectivity index is 1.51. The van der Waals surface area contributed by atoms with Crippen molar-refractivity contribution in [2.45, 2.75) is 30.2 Å². The summed E-state index contributed by atoms with van der Waals surface area (Å²) in [6.45, 7) is 3.70. The zero-order valence-electron chi connectivity index (χ0n) is 15.0. The van der Waals surface area contributed by atoms with Gasteiger partial charge in [-0.2, -0.15) is 4.37 Å². The Kier molecular flexibility index (Phi) is 7.57. The number of halogens is 2. The molecule has 4 N–H and O–H groups in total. The van der Waals surface area contributed by atoms with Crippen LogP contribution in [0.15, 0.2) is 27.8 Å². The van der Waals surface area contributed by atoms with Crippen molar-refractivity contribution in [3.63, 3.8) is 0 Å². The second-order valence-corrected chi connectivity index (χ2v) is 9.68. The van der Waals surface area contributed by atoms with Crippen LogP contribution in [0.1, 0.15) is 19.3 Å². The number of hydrogen-bond acceptors (Lipinski definition) is 8. The van der Waals surface area contributed by atoms with Gasteiger partial charge in [0.1, 0.15) is 17.0 Å². The maximum Gasteiger partial charge on any atom is 0.266 e. The first-order chi connectivity index (χ1) is 13.5. The molecule has 2 aromatic rings. The van der Waals surface area contributed by atoms with Gasteiger partial charge in [-0.3, -0.25) is 4.72 Å². The van der Waals surface area contributed by atoms with Crippen molar-refractivity contribution in [1.29, 1.82) is 0 Å². The summed E-state index contributed by atoms with van der Waals surface area (Å²) in [4.78, 5) is 3.30. The van der Waals surface area contributed by atoms with E-state index in [0.717, 1.165) is 50.4 Å². The Morgan fingerprint density at radius 1 is 1.32 bits per heavy atom. The number of nitrogens with one attached hydrogen (secondary N) is 4. The van der Waals surface area contributed by atoms with E-state index in [2.05, 4.69) is 46.0 Å². The number of hydrogen-bond donors (Lipinski definition) is 4. The van der Waals surface area contributed by atoms with E-state index in [9.17, 15) is 12.8 Å². The van der Waals surface area contributed by atoms with Crippen LogP contribution in [0.3, 0.4) is 0 Å². The summed E-state index contributed by atoms with van der Waals surface area (Å²) in [6.07, 6.45) is 4.30. The second kappa shape index (κ2) is 9.92. The molecule has 1 aromatic carbocycles. The molecule has 1 unspecified atom stereocenters. The van der Waals surface area contributed by atoms with Gasteiger partial charge in [0.05, 0.1) is 5.69 Å². The van der Waals surface area contributed by atoms with Gasteiger partial charge < -0.3 is 16.0 Å². The predicted molar refractivity (Wildman–Crippen MR) is 112 cm³/mol. The zero-order valence-corrected chi connectivity index (χ0v) is 18.3. The van der Waals surface area contributed by atoms with Crippen LogP contribution in [0.5, 0.6) is 0 Å². The first-order valence-electron chi connectivity index (χ1n) is 8.92. The van der Waals surface area contributed by atoms with Crippen LogP contribution in [0.25, 0.3) is 0 Å². The van der Waals surface area contributed by atoms with E-state index in [4.69, 9.17) is 0 Å². The molecule has 0 aliphatic carbocycles. The second-order valence-electron chi connectivity index (χ2n) is 6.39. The third-order valence-electron chi connectivity index (χ3n) is 4.31. The molecule has 0 radical (unpaired) electrons. The van der Waals surface area contributed by atoms with Crippen molar-refractivity contribution in [2.24, 2.45) is 0 Å². The van der Waals surface area contributed by atoms with Crippen LogP contribution in [0.2, 0.25) is 0 Å². The Hall–Kier alpha value is -1.34. The molecule has 1 aliphatic heterocycles. The molecule has 12 heteroatoms. The fourth-order valence-electron chi connectivity index (χ4n) is 2.87. The van der Waals surface area contributed by atoms with E-state index in [1.165, 1.54) is 18.5 Å². The van der Waals surface area contributed by atoms with Gasteiger partial charge in [0, 0.05) is 35.1 Å². The lowest BCUT2D eigenvalue weighted by atomic mass is 10.2. The highest BCUT2D eigenvalue weighted by atomic mass is 79.9. The highest BCUT2D eigenvalue weighted by Crippen LogP contribution is 2.29. The first-order valence-corrected chi connectivity index (χ1v) is 12.0. The molecule has 1 atom stereocenters. The number of benzene rings is 1. The minimum absolute atomic E-state index is 0.0831. The average molecular weight is 493 g/mol. The van der Waals surface area contributed by atoms with Gasteiger partial charge in [0.25, 0.3) is 10.0 Å². The predicted octanol–water partition coefficient (Wildman–Crippen LogP) is 2.38. The van der Waals surface area contributed by atoms with Crippen LogP contribution < -0.4 is 20.7 Å². The summed E-state index contributed by atoms with van der Waals surface area (Å²) in [5.74, 6) is -0.835. The monoisotopic (exact) mass is 492 g/mol. The highest BCUT2D eigenvalue weighted by Gasteiger charge is 2.22. The topological polar surface area (TPSA) is 108 Å². The molecule has 1 aliphatic rings. The van der Waals surface area contributed by atoms with Gasteiger partial charge in [-0.15, -0.1) is 0 Å². The van der Waals surface area contributed by atoms with E-state index in [1.807, 2.05) is 0 Å². The van der Waals surface area contributed by atoms with Gasteiger partial charge in [0.15, 0.2) is 0 Å². The molecule has 2 heterocycles. The van der Waals surface area contributed by atoms with Crippen LogP contribution in [0, 0.1) is 5.82 Å². The van der Waals surface area contributed by atoms with Crippen molar-refractivity contribution in [3.05, 3.63) is 28.7 Å². The molecule has 1 fully saturated rings. The largest absolute Gasteiger partial charge is 0.384 e. The Labute approximate surface area is 176 Å². The smallest absolute Gasteiger partial charge is 0.266 e. The number of nitrogens with zero attached hydrogens (tertiary/aromatic N) is 2. The van der Waals surface area contributed by atoms with E-state index in [0.29, 0.717) is 22.7 Å². The van der Waals surface area contributed by atoms with Gasteiger partial charge in [-0.1, -0.05) is 0 Å². The molecule has 0 saturated carbocycles. The maximum absolute atomic E-state index is 14.4. The number of aromatic nitrogens is 2. The molecule has 0 amide bonds. The van der Waals surface area contributed by atoms with E-state index < -0.39 is 20.7 Å². The highest BCUT2D eigenvalue weighted by molar-refractivity contribution is 9.10. The van der Waals surface area contributed by atoms with Gasteiger partial charge >= 0.3 is 0 Å². The van der Waals surface area contributed by atoms with Crippen LogP contribution in [-0.2, 0) is 10.0 Å². The van der Waals surface area contributed by atoms with Crippen molar-refractivity contribution in [2.75, 3.05) is 36.2 Å². The molecule has 0 spiro atoms. The Bertz CT molecular complexity index is 876. The van der Waals surface area contributed by atoms with E-state index in [1.54, 1.807) is 0 Å². The summed E-state index contributed by atoms with van der Waals surface area (Å²) < 4.78 is 45.6. The average Bonchev–Trinajstić information content (AvgIpc) is 3.34. The van der Waals surface area contributed by atoms with E-state index >= 15 is 0 Å². The SMILES string of the molecule is O=S(=O)(Nc1ncns1)c1cc(Br)c(NCCCCNC2CCNC2)cc1F. The Morgan fingerprint density at radius 2 is 2.14 bits per heavy atom. The summed E-state index contributed by atoms with van der Waals surface area (Å²) in [5, 5.41) is 10.0. The van der Waals surface area contributed by atoms with Gasteiger partial charge in [-0.25, -0.2) is 17.8 Å². The van der Waals surface area contributed by atoms with Crippen LogP contribution >= 0.6 is 27.5 Å². The quantitative estimate of drug-likeness (QED) is 0.377. The van der Waals surface area contributed by atoms with Crippen molar-refractivity contribution < 1.29 is 12.8 Å². The van der Waals surface area contributed by atoms with Crippen molar-refractivity contribution in [3.8, 4) is 0 Å². The molecule has 1 aromatic heterocycles. The fraction of sp³-hybridized carbons (Fsp3) is 0.500. The standard InChI is InChI=1S/C16H22BrFN6O2S2/c17-12-7-15(28(25,26)24-16-22-10-23-27-16)13(18)8-14(12)21-5-2-1-4-20-11-3-6-19-9-11/h7-8,10-11,19-21H,1-6,9H2,(H,22,23,24). The Morgan fingerprint density at radius 3 is 2.86 bits per heavy atom. The summed E-state index contributed by atoms with van der Waals surface area (Å²) in [6, 6.07) is 2.98. The van der Waals surface area contributed by atoms with E-state index in [-0.39, 0.29) is 5.13 Å². The number of rotatable bonds is 10. The zero-order chi connectivity index (χ0) is 20.0. The third kappa shape index (κ3) is 5.83. The minimum Gasteiger partial charge on any atom is -0.384 e. The molecule has 0 bridgehead atoms. The maximum atomic E-state index is 14.4. The summed E-state index contributed by atoms with van der Waals surface area (Å²) in [5.41, 5.74) is 0.514. The molecule has 1 saturated heterocycles. The fourth-order valence-corrected chi connectivity index (χ4v) is 5.25. The molecule has 3 rings (SSSR count). The molecule has 28 heavy (non-hydrogen) atoms. The van der Waals surface area contributed by atoms with Crippen LogP contribution in [0.4, 0.5) is 15.2 Å². The molecule has 8 nitrogen and oxygen atoms in total. The van der Waals surface area contributed by atoms with Crippen molar-refractivity contribution in [1.82, 2.24) is 20.0 Å². The van der Waals surface area contributed by atoms with Crippen LogP contribution in [-0.4, -0.2) is 50.0 Å². The number of unbranched alkanes of at least 4 members (excludes halogenated alkanes) is 1. The summed E-state index contributed by atoms with van der Waals surface area (Å²) >= 11 is 4.19. The summed E-state index contributed by atoms with van der Waals surface area (Å²) in [7, 11) is -4.08. The van der Waals surface area contributed by atoms with Gasteiger partial charge in [-0.05, 0) is 60.4 Å². The lowest BCUT2D eigenvalue weighted by Gasteiger charge is -2.13. The number of sulfonamides is 1. The molecular weight excluding hydrogens is 471 g/mol. The minimum atomic E-state index is -4.08. The first kappa shape index (κ1) is 21.4.